The van der Waals surface area contributed by atoms with Gasteiger partial charge in [0.2, 0.25) is 5.91 Å². The summed E-state index contributed by atoms with van der Waals surface area (Å²) in [5.41, 5.74) is 1.94. The molecule has 2 N–H and O–H groups in total. The first kappa shape index (κ1) is 21.4. The van der Waals surface area contributed by atoms with Crippen LogP contribution in [0, 0.1) is 6.92 Å². The van der Waals surface area contributed by atoms with E-state index in [1.165, 1.54) is 0 Å². The molecule has 0 bridgehead atoms. The van der Waals surface area contributed by atoms with E-state index in [1.54, 1.807) is 0 Å². The van der Waals surface area contributed by atoms with Gasteiger partial charge in [-0.3, -0.25) is 19.4 Å². The monoisotopic (exact) mass is 369 g/mol. The molecule has 0 atom stereocenters. The van der Waals surface area contributed by atoms with Gasteiger partial charge in [-0.1, -0.05) is 19.1 Å². The van der Waals surface area contributed by atoms with Crippen molar-refractivity contribution in [3.8, 4) is 0 Å². The van der Waals surface area contributed by atoms with Crippen molar-refractivity contribution >= 4 is 30.0 Å². The molecule has 1 aliphatic heterocycles. The molecule has 1 aliphatic rings. The summed E-state index contributed by atoms with van der Waals surface area (Å²) in [7, 11) is 0. The van der Waals surface area contributed by atoms with Crippen LogP contribution in [0.5, 0.6) is 0 Å². The van der Waals surface area contributed by atoms with Crippen molar-refractivity contribution in [2.45, 2.75) is 32.7 Å². The summed E-state index contributed by atoms with van der Waals surface area (Å²) in [6.07, 6.45) is 1.80. The number of hydrogen-bond donors (Lipinski definition) is 2. The molecule has 1 amide bonds. The molecule has 1 saturated heterocycles. The minimum Gasteiger partial charge on any atom is -0.480 e. The average molecular weight is 370 g/mol. The van der Waals surface area contributed by atoms with Gasteiger partial charge in [-0.05, 0) is 44.0 Å². The lowest BCUT2D eigenvalue weighted by molar-refractivity contribution is -0.139. The second-order valence-corrected chi connectivity index (χ2v) is 6.38. The summed E-state index contributed by atoms with van der Waals surface area (Å²) in [6.45, 7) is 6.84. The zero-order chi connectivity index (χ0) is 17.5. The number of likely N-dealkylation sites (tertiary alicyclic amines) is 1. The number of aliphatic carboxylic acids is 1. The Morgan fingerprint density at radius 2 is 2.00 bits per heavy atom. The van der Waals surface area contributed by atoms with E-state index in [1.807, 2.05) is 43.0 Å². The standard InChI is InChI=1S/C18H27N3O3.ClH/c1-3-21(13-18(23)24)16-7-9-20(10-8-16)12-17(22)19-15-6-4-5-14(2)11-15;/h4-6,11,16H,3,7-10,12-13H2,1-2H3,(H,19,22)(H,23,24);1H. The molecule has 0 aromatic heterocycles. The third kappa shape index (κ3) is 7.02. The molecule has 1 aromatic rings. The van der Waals surface area contributed by atoms with Gasteiger partial charge in [-0.15, -0.1) is 12.4 Å². The second-order valence-electron chi connectivity index (χ2n) is 6.38. The number of amides is 1. The highest BCUT2D eigenvalue weighted by molar-refractivity contribution is 5.92. The number of benzene rings is 1. The van der Waals surface area contributed by atoms with E-state index in [9.17, 15) is 9.59 Å². The number of carboxylic acids is 1. The third-order valence-corrected chi connectivity index (χ3v) is 4.49. The Morgan fingerprint density at radius 1 is 1.32 bits per heavy atom. The van der Waals surface area contributed by atoms with E-state index in [0.717, 1.165) is 43.7 Å². The van der Waals surface area contributed by atoms with E-state index >= 15 is 0 Å². The van der Waals surface area contributed by atoms with Crippen LogP contribution < -0.4 is 5.32 Å². The number of anilines is 1. The predicted molar refractivity (Wildman–Crippen MR) is 101 cm³/mol. The number of nitrogens with one attached hydrogen (secondary N) is 1. The Hall–Kier alpha value is -1.63. The zero-order valence-electron chi connectivity index (χ0n) is 14.9. The molecule has 1 heterocycles. The number of carboxylic acid groups (broad SMARTS) is 1. The lowest BCUT2D eigenvalue weighted by atomic mass is 10.0. The van der Waals surface area contributed by atoms with E-state index in [0.29, 0.717) is 12.6 Å². The van der Waals surface area contributed by atoms with Crippen molar-refractivity contribution in [2.75, 3.05) is 38.0 Å². The van der Waals surface area contributed by atoms with Crippen LogP contribution >= 0.6 is 12.4 Å². The minimum absolute atomic E-state index is 0. The minimum atomic E-state index is -0.781. The van der Waals surface area contributed by atoms with Crippen LogP contribution in [0.4, 0.5) is 5.69 Å². The Bertz CT molecular complexity index is 574. The SMILES string of the molecule is CCN(CC(=O)O)C1CCN(CC(=O)Nc2cccc(C)c2)CC1.Cl. The second kappa shape index (κ2) is 10.4. The topological polar surface area (TPSA) is 72.9 Å². The van der Waals surface area contributed by atoms with E-state index in [4.69, 9.17) is 5.11 Å². The highest BCUT2D eigenvalue weighted by atomic mass is 35.5. The fraction of sp³-hybridized carbons (Fsp3) is 0.556. The maximum absolute atomic E-state index is 12.2. The zero-order valence-corrected chi connectivity index (χ0v) is 15.7. The quantitative estimate of drug-likeness (QED) is 0.771. The van der Waals surface area contributed by atoms with Crippen LogP contribution in [-0.2, 0) is 9.59 Å². The fourth-order valence-corrected chi connectivity index (χ4v) is 3.24. The van der Waals surface area contributed by atoms with Gasteiger partial charge in [0, 0.05) is 24.8 Å². The van der Waals surface area contributed by atoms with Crippen molar-refractivity contribution in [3.63, 3.8) is 0 Å². The van der Waals surface area contributed by atoms with Crippen molar-refractivity contribution in [1.29, 1.82) is 0 Å². The number of nitrogens with zero attached hydrogens (tertiary/aromatic N) is 2. The molecule has 7 heteroatoms. The first-order chi connectivity index (χ1) is 11.5. The Balaban J connectivity index is 0.00000312. The van der Waals surface area contributed by atoms with Gasteiger partial charge in [0.25, 0.3) is 0 Å². The average Bonchev–Trinajstić information content (AvgIpc) is 2.53. The van der Waals surface area contributed by atoms with Gasteiger partial charge in [0.05, 0.1) is 13.1 Å². The van der Waals surface area contributed by atoms with Gasteiger partial charge in [-0.2, -0.15) is 0 Å². The van der Waals surface area contributed by atoms with Crippen molar-refractivity contribution in [3.05, 3.63) is 29.8 Å². The molecule has 0 saturated carbocycles. The molecule has 1 aromatic carbocycles. The van der Waals surface area contributed by atoms with Crippen LogP contribution in [-0.4, -0.2) is 65.5 Å². The van der Waals surface area contributed by atoms with E-state index in [-0.39, 0.29) is 24.9 Å². The van der Waals surface area contributed by atoms with Crippen molar-refractivity contribution < 1.29 is 14.7 Å². The summed E-state index contributed by atoms with van der Waals surface area (Å²) >= 11 is 0. The molecule has 0 aliphatic carbocycles. The molecule has 1 fully saturated rings. The highest BCUT2D eigenvalue weighted by Crippen LogP contribution is 2.16. The largest absolute Gasteiger partial charge is 0.480 e. The van der Waals surface area contributed by atoms with Gasteiger partial charge < -0.3 is 10.4 Å². The molecule has 140 valence electrons. The lowest BCUT2D eigenvalue weighted by Gasteiger charge is -2.37. The highest BCUT2D eigenvalue weighted by Gasteiger charge is 2.25. The number of hydrogen-bond acceptors (Lipinski definition) is 4. The first-order valence-corrected chi connectivity index (χ1v) is 8.52. The molecule has 25 heavy (non-hydrogen) atoms. The number of rotatable bonds is 7. The summed E-state index contributed by atoms with van der Waals surface area (Å²) in [4.78, 5) is 27.2. The van der Waals surface area contributed by atoms with E-state index < -0.39 is 5.97 Å². The van der Waals surface area contributed by atoms with Gasteiger partial charge >= 0.3 is 5.97 Å². The smallest absolute Gasteiger partial charge is 0.317 e. The predicted octanol–water partition coefficient (Wildman–Crippen LogP) is 2.23. The number of carbonyl (C=O) groups excluding carboxylic acids is 1. The molecular formula is C18H28ClN3O3. The van der Waals surface area contributed by atoms with Crippen LogP contribution in [0.1, 0.15) is 25.3 Å². The fourth-order valence-electron chi connectivity index (χ4n) is 3.24. The third-order valence-electron chi connectivity index (χ3n) is 4.49. The number of piperidine rings is 1. The summed E-state index contributed by atoms with van der Waals surface area (Å²) in [6, 6.07) is 8.06. The number of likely N-dealkylation sites (N-methyl/N-ethyl adjacent to an activating group) is 1. The maximum atomic E-state index is 12.2. The number of aryl methyl sites for hydroxylation is 1. The van der Waals surface area contributed by atoms with Crippen LogP contribution in [0.15, 0.2) is 24.3 Å². The molecular weight excluding hydrogens is 342 g/mol. The number of halogens is 1. The van der Waals surface area contributed by atoms with Crippen molar-refractivity contribution in [1.82, 2.24) is 9.80 Å². The van der Waals surface area contributed by atoms with Crippen LogP contribution in [0.2, 0.25) is 0 Å². The van der Waals surface area contributed by atoms with Crippen LogP contribution in [0.25, 0.3) is 0 Å². The number of carbonyl (C=O) groups is 2. The molecule has 2 rings (SSSR count). The van der Waals surface area contributed by atoms with Crippen LogP contribution in [0.3, 0.4) is 0 Å². The Morgan fingerprint density at radius 3 is 2.56 bits per heavy atom. The van der Waals surface area contributed by atoms with Gasteiger partial charge in [0.15, 0.2) is 0 Å². The van der Waals surface area contributed by atoms with Gasteiger partial charge in [0.1, 0.15) is 0 Å². The van der Waals surface area contributed by atoms with Crippen molar-refractivity contribution in [2.24, 2.45) is 0 Å². The van der Waals surface area contributed by atoms with E-state index in [2.05, 4.69) is 10.2 Å². The lowest BCUT2D eigenvalue weighted by Crippen LogP contribution is -2.48. The normalized spacial score (nSPS) is 15.6. The molecule has 0 radical (unpaired) electrons. The molecule has 0 unspecified atom stereocenters. The Kier molecular flexibility index (Phi) is 8.89. The molecule has 6 nitrogen and oxygen atoms in total. The Labute approximate surface area is 155 Å². The van der Waals surface area contributed by atoms with Gasteiger partial charge in [-0.25, -0.2) is 0 Å². The first-order valence-electron chi connectivity index (χ1n) is 8.52. The summed E-state index contributed by atoms with van der Waals surface area (Å²) < 4.78 is 0. The maximum Gasteiger partial charge on any atom is 0.317 e. The summed E-state index contributed by atoms with van der Waals surface area (Å²) in [5.74, 6) is -0.784. The summed E-state index contributed by atoms with van der Waals surface area (Å²) in [5, 5.41) is 11.9. The molecule has 0 spiro atoms.